The van der Waals surface area contributed by atoms with Gasteiger partial charge in [0.2, 0.25) is 0 Å². The smallest absolute Gasteiger partial charge is 0.126 e. The van der Waals surface area contributed by atoms with Gasteiger partial charge in [0.15, 0.2) is 0 Å². The second kappa shape index (κ2) is 7.46. The highest BCUT2D eigenvalue weighted by atomic mass is 16.5. The Kier molecular flexibility index (Phi) is 5.63. The first-order valence-corrected chi connectivity index (χ1v) is 7.89. The molecule has 1 atom stereocenters. The Morgan fingerprint density at radius 1 is 1.05 bits per heavy atom. The third-order valence-corrected chi connectivity index (χ3v) is 3.88. The van der Waals surface area contributed by atoms with Crippen LogP contribution in [-0.4, -0.2) is 19.7 Å². The molecule has 0 aliphatic carbocycles. The highest BCUT2D eigenvalue weighted by Crippen LogP contribution is 2.28. The van der Waals surface area contributed by atoms with E-state index < -0.39 is 0 Å². The predicted molar refractivity (Wildman–Crippen MR) is 91.1 cm³/mol. The molecule has 1 N–H and O–H groups in total. The van der Waals surface area contributed by atoms with Gasteiger partial charge in [-0.3, -0.25) is 0 Å². The number of methoxy groups -OCH3 is 1. The molecule has 0 fully saturated rings. The van der Waals surface area contributed by atoms with Gasteiger partial charge in [-0.05, 0) is 49.2 Å². The van der Waals surface area contributed by atoms with Gasteiger partial charge in [-0.2, -0.15) is 0 Å². The van der Waals surface area contributed by atoms with Crippen molar-refractivity contribution in [2.75, 3.05) is 13.7 Å². The van der Waals surface area contributed by atoms with Crippen LogP contribution in [-0.2, 0) is 6.42 Å². The zero-order valence-corrected chi connectivity index (χ0v) is 13.6. The molecular weight excluding hydrogens is 258 g/mol. The van der Waals surface area contributed by atoms with E-state index in [0.29, 0.717) is 6.04 Å². The first-order chi connectivity index (χ1) is 10.1. The largest absolute Gasteiger partial charge is 0.496 e. The summed E-state index contributed by atoms with van der Waals surface area (Å²) in [6.45, 7) is 7.82. The van der Waals surface area contributed by atoms with E-state index >= 15 is 0 Å². The summed E-state index contributed by atoms with van der Waals surface area (Å²) in [5.74, 6) is 1.71. The van der Waals surface area contributed by atoms with Gasteiger partial charge >= 0.3 is 0 Å². The number of hydrogen-bond donors (Lipinski definition) is 1. The second-order valence-electron chi connectivity index (χ2n) is 6.21. The van der Waals surface area contributed by atoms with Crippen LogP contribution in [0.1, 0.15) is 32.8 Å². The fraction of sp³-hybridized carbons (Fsp3) is 0.474. The van der Waals surface area contributed by atoms with Crippen LogP contribution in [0.2, 0.25) is 0 Å². The molecule has 2 aromatic rings. The van der Waals surface area contributed by atoms with Crippen LogP contribution in [0.4, 0.5) is 0 Å². The molecule has 0 aliphatic heterocycles. The van der Waals surface area contributed by atoms with E-state index in [1.807, 2.05) is 12.1 Å². The van der Waals surface area contributed by atoms with E-state index in [2.05, 4.69) is 50.4 Å². The lowest BCUT2D eigenvalue weighted by atomic mass is 10.0. The van der Waals surface area contributed by atoms with Crippen LogP contribution in [0.25, 0.3) is 10.8 Å². The number of hydrogen-bond acceptors (Lipinski definition) is 2. The van der Waals surface area contributed by atoms with Crippen LogP contribution in [0.15, 0.2) is 36.4 Å². The van der Waals surface area contributed by atoms with Crippen molar-refractivity contribution in [2.24, 2.45) is 5.92 Å². The molecular formula is C19H27NO. The van der Waals surface area contributed by atoms with Crippen LogP contribution in [0.5, 0.6) is 5.75 Å². The van der Waals surface area contributed by atoms with E-state index in [9.17, 15) is 0 Å². The Hall–Kier alpha value is -1.54. The van der Waals surface area contributed by atoms with E-state index in [0.717, 1.165) is 24.6 Å². The molecule has 0 bridgehead atoms. The highest BCUT2D eigenvalue weighted by Gasteiger charge is 2.08. The van der Waals surface area contributed by atoms with Crippen molar-refractivity contribution in [3.05, 3.63) is 42.0 Å². The van der Waals surface area contributed by atoms with Crippen molar-refractivity contribution >= 4 is 10.8 Å². The number of benzene rings is 2. The minimum Gasteiger partial charge on any atom is -0.496 e. The van der Waals surface area contributed by atoms with Crippen LogP contribution in [0.3, 0.4) is 0 Å². The SMILES string of the molecule is COc1cccc2cccc(CCNC(C)CC(C)C)c12. The van der Waals surface area contributed by atoms with Crippen molar-refractivity contribution in [1.82, 2.24) is 5.32 Å². The molecule has 21 heavy (non-hydrogen) atoms. The van der Waals surface area contributed by atoms with Gasteiger partial charge in [0.05, 0.1) is 7.11 Å². The Morgan fingerprint density at radius 3 is 2.43 bits per heavy atom. The number of fused-ring (bicyclic) bond motifs is 1. The first-order valence-electron chi connectivity index (χ1n) is 7.89. The molecule has 0 amide bonds. The first kappa shape index (κ1) is 15.8. The molecule has 114 valence electrons. The molecule has 0 spiro atoms. The standard InChI is InChI=1S/C19H27NO/c1-14(2)13-15(3)20-12-11-17-8-5-7-16-9-6-10-18(21-4)19(16)17/h5-10,14-15,20H,11-13H2,1-4H3. The summed E-state index contributed by atoms with van der Waals surface area (Å²) in [6.07, 6.45) is 2.25. The fourth-order valence-electron chi connectivity index (χ4n) is 3.00. The summed E-state index contributed by atoms with van der Waals surface area (Å²) in [6, 6.07) is 13.3. The Morgan fingerprint density at radius 2 is 1.76 bits per heavy atom. The quantitative estimate of drug-likeness (QED) is 0.813. The van der Waals surface area contributed by atoms with Crippen molar-refractivity contribution in [3.63, 3.8) is 0 Å². The summed E-state index contributed by atoms with van der Waals surface area (Å²) < 4.78 is 5.53. The number of rotatable bonds is 7. The molecule has 0 aromatic heterocycles. The van der Waals surface area contributed by atoms with Gasteiger partial charge < -0.3 is 10.1 Å². The van der Waals surface area contributed by atoms with E-state index in [1.165, 1.54) is 22.8 Å². The van der Waals surface area contributed by atoms with Crippen LogP contribution >= 0.6 is 0 Å². The van der Waals surface area contributed by atoms with Gasteiger partial charge in [0.1, 0.15) is 5.75 Å². The Balaban J connectivity index is 2.08. The Labute approximate surface area is 128 Å². The lowest BCUT2D eigenvalue weighted by molar-refractivity contribution is 0.419. The molecule has 0 heterocycles. The van der Waals surface area contributed by atoms with Gasteiger partial charge in [-0.1, -0.05) is 44.2 Å². The second-order valence-corrected chi connectivity index (χ2v) is 6.21. The average molecular weight is 285 g/mol. The molecule has 1 unspecified atom stereocenters. The average Bonchev–Trinajstić information content (AvgIpc) is 2.46. The van der Waals surface area contributed by atoms with Crippen LogP contribution in [0, 0.1) is 5.92 Å². The molecule has 0 radical (unpaired) electrons. The van der Waals surface area contributed by atoms with Gasteiger partial charge in [-0.25, -0.2) is 0 Å². The molecule has 0 saturated carbocycles. The monoisotopic (exact) mass is 285 g/mol. The van der Waals surface area contributed by atoms with Crippen molar-refractivity contribution in [1.29, 1.82) is 0 Å². The maximum absolute atomic E-state index is 5.53. The minimum atomic E-state index is 0.571. The third-order valence-electron chi connectivity index (χ3n) is 3.88. The van der Waals surface area contributed by atoms with Gasteiger partial charge in [-0.15, -0.1) is 0 Å². The lowest BCUT2D eigenvalue weighted by Gasteiger charge is -2.16. The third kappa shape index (κ3) is 4.21. The summed E-state index contributed by atoms with van der Waals surface area (Å²) in [4.78, 5) is 0. The molecule has 2 rings (SSSR count). The van der Waals surface area contributed by atoms with Gasteiger partial charge in [0.25, 0.3) is 0 Å². The molecule has 2 aromatic carbocycles. The molecule has 0 saturated heterocycles. The van der Waals surface area contributed by atoms with Crippen molar-refractivity contribution < 1.29 is 4.74 Å². The normalized spacial score (nSPS) is 12.8. The summed E-state index contributed by atoms with van der Waals surface area (Å²) in [5.41, 5.74) is 1.36. The zero-order valence-electron chi connectivity index (χ0n) is 13.6. The van der Waals surface area contributed by atoms with E-state index in [4.69, 9.17) is 4.74 Å². The topological polar surface area (TPSA) is 21.3 Å². The lowest BCUT2D eigenvalue weighted by Crippen LogP contribution is -2.29. The van der Waals surface area contributed by atoms with E-state index in [-0.39, 0.29) is 0 Å². The Bertz CT molecular complexity index is 572. The zero-order chi connectivity index (χ0) is 15.2. The number of nitrogens with one attached hydrogen (secondary N) is 1. The minimum absolute atomic E-state index is 0.571. The molecule has 2 heteroatoms. The van der Waals surface area contributed by atoms with Gasteiger partial charge in [0, 0.05) is 11.4 Å². The predicted octanol–water partition coefficient (Wildman–Crippen LogP) is 4.42. The maximum Gasteiger partial charge on any atom is 0.126 e. The van der Waals surface area contributed by atoms with Crippen molar-refractivity contribution in [2.45, 2.75) is 39.7 Å². The molecule has 2 nitrogen and oxygen atoms in total. The molecule has 0 aliphatic rings. The number of ether oxygens (including phenoxy) is 1. The van der Waals surface area contributed by atoms with E-state index in [1.54, 1.807) is 7.11 Å². The fourth-order valence-corrected chi connectivity index (χ4v) is 3.00. The van der Waals surface area contributed by atoms with Crippen LogP contribution < -0.4 is 10.1 Å². The maximum atomic E-state index is 5.53. The van der Waals surface area contributed by atoms with Crippen molar-refractivity contribution in [3.8, 4) is 5.75 Å². The highest BCUT2D eigenvalue weighted by molar-refractivity contribution is 5.91. The summed E-state index contributed by atoms with van der Waals surface area (Å²) >= 11 is 0. The summed E-state index contributed by atoms with van der Waals surface area (Å²) in [7, 11) is 1.74. The summed E-state index contributed by atoms with van der Waals surface area (Å²) in [5, 5.41) is 6.13.